The first-order valence-corrected chi connectivity index (χ1v) is 9.03. The van der Waals surface area contributed by atoms with E-state index >= 15 is 0 Å². The molecular formula is C20H22FN5. The molecule has 0 spiro atoms. The molecule has 0 radical (unpaired) electrons. The van der Waals surface area contributed by atoms with Gasteiger partial charge in [0.05, 0.1) is 24.1 Å². The van der Waals surface area contributed by atoms with Crippen LogP contribution in [0.3, 0.4) is 0 Å². The fraction of sp³-hybridized carbons (Fsp3) is 0.350. The summed E-state index contributed by atoms with van der Waals surface area (Å²) in [5.74, 6) is 0.302. The zero-order chi connectivity index (χ0) is 17.8. The van der Waals surface area contributed by atoms with Crippen molar-refractivity contribution in [3.8, 4) is 0 Å². The van der Waals surface area contributed by atoms with Crippen molar-refractivity contribution in [2.24, 2.45) is 0 Å². The maximum atomic E-state index is 13.4. The van der Waals surface area contributed by atoms with E-state index < -0.39 is 0 Å². The van der Waals surface area contributed by atoms with E-state index in [0.29, 0.717) is 12.5 Å². The molecule has 134 valence electrons. The second kappa shape index (κ2) is 7.74. The molecule has 0 unspecified atom stereocenters. The van der Waals surface area contributed by atoms with E-state index in [1.807, 2.05) is 35.1 Å². The van der Waals surface area contributed by atoms with E-state index in [0.717, 1.165) is 49.4 Å². The van der Waals surface area contributed by atoms with Crippen molar-refractivity contribution < 1.29 is 4.39 Å². The van der Waals surface area contributed by atoms with Gasteiger partial charge in [0.25, 0.3) is 0 Å². The quantitative estimate of drug-likeness (QED) is 0.708. The molecule has 1 aliphatic rings. The predicted octanol–water partition coefficient (Wildman–Crippen LogP) is 3.24. The first-order valence-electron chi connectivity index (χ1n) is 9.03. The smallest absolute Gasteiger partial charge is 0.123 e. The molecule has 26 heavy (non-hydrogen) atoms. The highest BCUT2D eigenvalue weighted by Crippen LogP contribution is 2.28. The first-order chi connectivity index (χ1) is 12.8. The Bertz CT molecular complexity index is 840. The maximum Gasteiger partial charge on any atom is 0.123 e. The summed E-state index contributed by atoms with van der Waals surface area (Å²) in [7, 11) is 0. The predicted molar refractivity (Wildman–Crippen MR) is 97.0 cm³/mol. The van der Waals surface area contributed by atoms with Crippen LogP contribution in [-0.4, -0.2) is 38.0 Å². The van der Waals surface area contributed by atoms with Crippen molar-refractivity contribution in [1.29, 1.82) is 0 Å². The molecule has 0 amide bonds. The highest BCUT2D eigenvalue weighted by molar-refractivity contribution is 5.21. The molecule has 1 aromatic carbocycles. The van der Waals surface area contributed by atoms with Crippen molar-refractivity contribution in [2.45, 2.75) is 31.8 Å². The summed E-state index contributed by atoms with van der Waals surface area (Å²) >= 11 is 0. The monoisotopic (exact) mass is 351 g/mol. The third kappa shape index (κ3) is 4.14. The molecule has 0 aliphatic carbocycles. The van der Waals surface area contributed by atoms with E-state index in [4.69, 9.17) is 0 Å². The summed E-state index contributed by atoms with van der Waals surface area (Å²) in [6.07, 6.45) is 5.88. The van der Waals surface area contributed by atoms with Gasteiger partial charge in [-0.2, -0.15) is 0 Å². The van der Waals surface area contributed by atoms with Crippen LogP contribution in [0.5, 0.6) is 0 Å². The zero-order valence-corrected chi connectivity index (χ0v) is 14.6. The van der Waals surface area contributed by atoms with Gasteiger partial charge in [0.15, 0.2) is 0 Å². The van der Waals surface area contributed by atoms with Crippen molar-refractivity contribution in [3.63, 3.8) is 0 Å². The Hall–Kier alpha value is -2.60. The number of hydrogen-bond donors (Lipinski definition) is 0. The lowest BCUT2D eigenvalue weighted by molar-refractivity contribution is 0.202. The van der Waals surface area contributed by atoms with Crippen LogP contribution in [-0.2, 0) is 13.1 Å². The Labute approximate surface area is 152 Å². The van der Waals surface area contributed by atoms with Crippen LogP contribution in [0.1, 0.15) is 35.7 Å². The zero-order valence-electron chi connectivity index (χ0n) is 14.6. The van der Waals surface area contributed by atoms with Crippen molar-refractivity contribution in [2.75, 3.05) is 13.1 Å². The molecule has 4 rings (SSSR count). The largest absolute Gasteiger partial charge is 0.297 e. The van der Waals surface area contributed by atoms with E-state index in [1.165, 1.54) is 6.07 Å². The van der Waals surface area contributed by atoms with E-state index in [9.17, 15) is 4.39 Å². The summed E-state index contributed by atoms with van der Waals surface area (Å²) in [6, 6.07) is 12.9. The number of piperidine rings is 1. The van der Waals surface area contributed by atoms with Crippen LogP contribution < -0.4 is 0 Å². The second-order valence-corrected chi connectivity index (χ2v) is 6.83. The third-order valence-corrected chi connectivity index (χ3v) is 4.93. The summed E-state index contributed by atoms with van der Waals surface area (Å²) < 4.78 is 15.2. The van der Waals surface area contributed by atoms with Gasteiger partial charge >= 0.3 is 0 Å². The molecule has 3 aromatic rings. The molecule has 5 nitrogen and oxygen atoms in total. The Kier molecular flexibility index (Phi) is 5.02. The van der Waals surface area contributed by atoms with E-state index in [2.05, 4.69) is 20.2 Å². The Morgan fingerprint density at radius 2 is 1.88 bits per heavy atom. The minimum absolute atomic E-state index is 0.144. The lowest BCUT2D eigenvalue weighted by Gasteiger charge is -2.31. The van der Waals surface area contributed by atoms with Crippen molar-refractivity contribution in [3.05, 3.63) is 77.6 Å². The molecule has 0 atom stereocenters. The fourth-order valence-corrected chi connectivity index (χ4v) is 3.56. The summed E-state index contributed by atoms with van der Waals surface area (Å²) in [5, 5.41) is 8.50. The summed E-state index contributed by atoms with van der Waals surface area (Å²) in [6.45, 7) is 3.43. The van der Waals surface area contributed by atoms with Crippen molar-refractivity contribution >= 4 is 0 Å². The van der Waals surface area contributed by atoms with E-state index in [-0.39, 0.29) is 5.82 Å². The lowest BCUT2D eigenvalue weighted by atomic mass is 9.89. The highest BCUT2D eigenvalue weighted by Gasteiger charge is 2.21. The molecule has 1 saturated heterocycles. The van der Waals surface area contributed by atoms with Gasteiger partial charge in [0.1, 0.15) is 5.82 Å². The first kappa shape index (κ1) is 16.8. The Balaban J connectivity index is 1.31. The van der Waals surface area contributed by atoms with Gasteiger partial charge in [-0.15, -0.1) is 5.10 Å². The number of rotatable bonds is 5. The van der Waals surface area contributed by atoms with Gasteiger partial charge < -0.3 is 0 Å². The number of pyridine rings is 1. The van der Waals surface area contributed by atoms with Gasteiger partial charge in [0, 0.05) is 12.7 Å². The molecule has 1 fully saturated rings. The van der Waals surface area contributed by atoms with Crippen LogP contribution in [0.15, 0.2) is 54.9 Å². The lowest BCUT2D eigenvalue weighted by Crippen LogP contribution is -2.32. The van der Waals surface area contributed by atoms with Gasteiger partial charge in [-0.1, -0.05) is 23.4 Å². The number of hydrogen-bond acceptors (Lipinski definition) is 4. The second-order valence-electron chi connectivity index (χ2n) is 6.83. The molecule has 0 bridgehead atoms. The molecule has 2 aromatic heterocycles. The van der Waals surface area contributed by atoms with Crippen LogP contribution in [0, 0.1) is 5.82 Å². The SMILES string of the molecule is Fc1cccc(C2CCN(Cc3cn(Cc4ccccn4)nn3)CC2)c1. The van der Waals surface area contributed by atoms with Crippen LogP contribution >= 0.6 is 0 Å². The number of aromatic nitrogens is 4. The number of halogens is 1. The number of nitrogens with zero attached hydrogens (tertiary/aromatic N) is 5. The number of benzene rings is 1. The standard InChI is InChI=1S/C20H22FN5/c21-18-5-3-4-17(12-18)16-7-10-25(11-8-16)13-20-15-26(24-23-20)14-19-6-1-2-9-22-19/h1-6,9,12,15-16H,7-8,10-11,13-14H2. The average molecular weight is 351 g/mol. The molecule has 0 N–H and O–H groups in total. The minimum Gasteiger partial charge on any atom is -0.297 e. The van der Waals surface area contributed by atoms with Crippen LogP contribution in [0.25, 0.3) is 0 Å². The van der Waals surface area contributed by atoms with Gasteiger partial charge in [0.2, 0.25) is 0 Å². The highest BCUT2D eigenvalue weighted by atomic mass is 19.1. The topological polar surface area (TPSA) is 46.8 Å². The maximum absolute atomic E-state index is 13.4. The fourth-order valence-electron chi connectivity index (χ4n) is 3.56. The normalized spacial score (nSPS) is 16.0. The van der Waals surface area contributed by atoms with E-state index in [1.54, 1.807) is 18.3 Å². The molecular weight excluding hydrogens is 329 g/mol. The molecule has 3 heterocycles. The van der Waals surface area contributed by atoms with Gasteiger partial charge in [-0.25, -0.2) is 9.07 Å². The summed E-state index contributed by atoms with van der Waals surface area (Å²) in [4.78, 5) is 6.71. The molecule has 0 saturated carbocycles. The Morgan fingerprint density at radius 3 is 2.65 bits per heavy atom. The van der Waals surface area contributed by atoms with Crippen molar-refractivity contribution in [1.82, 2.24) is 24.9 Å². The Morgan fingerprint density at radius 1 is 1.00 bits per heavy atom. The minimum atomic E-state index is -0.144. The average Bonchev–Trinajstić information content (AvgIpc) is 3.10. The molecule has 6 heteroatoms. The van der Waals surface area contributed by atoms with Crippen LogP contribution in [0.2, 0.25) is 0 Å². The van der Waals surface area contributed by atoms with Gasteiger partial charge in [-0.05, 0) is 61.7 Å². The van der Waals surface area contributed by atoms with Crippen LogP contribution in [0.4, 0.5) is 4.39 Å². The summed E-state index contributed by atoms with van der Waals surface area (Å²) in [5.41, 5.74) is 3.07. The molecule has 1 aliphatic heterocycles. The number of likely N-dealkylation sites (tertiary alicyclic amines) is 1. The third-order valence-electron chi connectivity index (χ3n) is 4.93. The van der Waals surface area contributed by atoms with Gasteiger partial charge in [-0.3, -0.25) is 9.88 Å².